The molecular weight excluding hydrogens is 509 g/mol. The minimum Gasteiger partial charge on any atom is -0.493 e. The molecule has 0 aliphatic heterocycles. The van der Waals surface area contributed by atoms with Gasteiger partial charge in [-0.15, -0.1) is 11.3 Å². The number of benzene rings is 3. The monoisotopic (exact) mass is 529 g/mol. The quantitative estimate of drug-likeness (QED) is 0.254. The fraction of sp³-hybridized carbons (Fsp3) is 0.160. The highest BCUT2D eigenvalue weighted by Gasteiger charge is 2.17. The molecule has 0 aliphatic carbocycles. The van der Waals surface area contributed by atoms with Gasteiger partial charge >= 0.3 is 0 Å². The van der Waals surface area contributed by atoms with E-state index in [0.29, 0.717) is 45.1 Å². The molecule has 0 aliphatic rings. The third-order valence-corrected chi connectivity index (χ3v) is 6.53. The summed E-state index contributed by atoms with van der Waals surface area (Å²) in [6.45, 7) is 4.76. The van der Waals surface area contributed by atoms with Crippen LogP contribution < -0.4 is 15.4 Å². The number of hydrogen-bond acceptors (Lipinski definition) is 5. The van der Waals surface area contributed by atoms with Crippen LogP contribution >= 0.6 is 46.8 Å². The number of carbonyl (C=O) groups excluding carboxylic acids is 1. The molecule has 4 rings (SSSR count). The van der Waals surface area contributed by atoms with E-state index in [1.54, 1.807) is 36.4 Å². The Morgan fingerprint density at radius 2 is 1.85 bits per heavy atom. The number of nitrogens with one attached hydrogen (secondary N) is 2. The number of thiazole rings is 1. The Hall–Kier alpha value is -2.71. The summed E-state index contributed by atoms with van der Waals surface area (Å²) >= 11 is 19.7. The van der Waals surface area contributed by atoms with Gasteiger partial charge in [-0.3, -0.25) is 10.1 Å². The molecule has 3 aromatic carbocycles. The molecular formula is C25H21Cl2N3O2S2. The van der Waals surface area contributed by atoms with Crippen molar-refractivity contribution in [3.05, 3.63) is 76.3 Å². The molecule has 0 bridgehead atoms. The average Bonchev–Trinajstić information content (AvgIpc) is 3.23. The maximum atomic E-state index is 12.7. The maximum absolute atomic E-state index is 12.7. The third kappa shape index (κ3) is 5.85. The van der Waals surface area contributed by atoms with Gasteiger partial charge in [0, 0.05) is 16.1 Å². The van der Waals surface area contributed by atoms with Gasteiger partial charge in [0.15, 0.2) is 5.11 Å². The van der Waals surface area contributed by atoms with Crippen LogP contribution in [0.4, 0.5) is 5.69 Å². The number of hydrogen-bond donors (Lipinski definition) is 2. The highest BCUT2D eigenvalue weighted by Crippen LogP contribution is 2.40. The summed E-state index contributed by atoms with van der Waals surface area (Å²) < 4.78 is 6.70. The smallest absolute Gasteiger partial charge is 0.257 e. The van der Waals surface area contributed by atoms with E-state index in [1.807, 2.05) is 24.3 Å². The van der Waals surface area contributed by atoms with Crippen molar-refractivity contribution in [3.63, 3.8) is 0 Å². The summed E-state index contributed by atoms with van der Waals surface area (Å²) in [5, 5.41) is 7.42. The molecule has 1 aromatic heterocycles. The van der Waals surface area contributed by atoms with Gasteiger partial charge in [-0.2, -0.15) is 0 Å². The van der Waals surface area contributed by atoms with Gasteiger partial charge < -0.3 is 10.1 Å². The van der Waals surface area contributed by atoms with Gasteiger partial charge in [0.1, 0.15) is 10.8 Å². The SMILES string of the molecule is CC(C)COc1ccc(C(=O)NC(=S)Nc2c(Cl)cc(Cl)cc2-c2nc3ccccc3s2)cc1. The zero-order valence-electron chi connectivity index (χ0n) is 18.4. The number of rotatable bonds is 6. The van der Waals surface area contributed by atoms with Crippen molar-refractivity contribution in [1.82, 2.24) is 10.3 Å². The van der Waals surface area contributed by atoms with Crippen LogP contribution in [0, 0.1) is 5.92 Å². The van der Waals surface area contributed by atoms with Gasteiger partial charge in [-0.1, -0.05) is 49.2 Å². The van der Waals surface area contributed by atoms with Crippen molar-refractivity contribution >= 4 is 73.7 Å². The van der Waals surface area contributed by atoms with Crippen molar-refractivity contribution in [2.45, 2.75) is 13.8 Å². The number of anilines is 1. The van der Waals surface area contributed by atoms with Crippen LogP contribution in [-0.4, -0.2) is 22.6 Å². The molecule has 0 unspecified atom stereocenters. The number of amides is 1. The molecule has 0 saturated carbocycles. The van der Waals surface area contributed by atoms with E-state index in [-0.39, 0.29) is 11.0 Å². The van der Waals surface area contributed by atoms with Gasteiger partial charge in [0.05, 0.1) is 27.5 Å². The Morgan fingerprint density at radius 3 is 2.56 bits per heavy atom. The maximum Gasteiger partial charge on any atom is 0.257 e. The zero-order valence-corrected chi connectivity index (χ0v) is 21.5. The number of halogens is 2. The summed E-state index contributed by atoms with van der Waals surface area (Å²) in [6.07, 6.45) is 0. The van der Waals surface area contributed by atoms with Crippen molar-refractivity contribution in [1.29, 1.82) is 0 Å². The second kappa shape index (κ2) is 10.7. The van der Waals surface area contributed by atoms with E-state index < -0.39 is 0 Å². The molecule has 0 radical (unpaired) electrons. The van der Waals surface area contributed by atoms with Crippen molar-refractivity contribution < 1.29 is 9.53 Å². The van der Waals surface area contributed by atoms with E-state index >= 15 is 0 Å². The summed E-state index contributed by atoms with van der Waals surface area (Å²) in [7, 11) is 0. The van der Waals surface area contributed by atoms with Crippen LogP contribution in [0.25, 0.3) is 20.8 Å². The van der Waals surface area contributed by atoms with E-state index in [4.69, 9.17) is 45.1 Å². The van der Waals surface area contributed by atoms with E-state index in [9.17, 15) is 4.79 Å². The molecule has 34 heavy (non-hydrogen) atoms. The number of nitrogens with zero attached hydrogens (tertiary/aromatic N) is 1. The Kier molecular flexibility index (Phi) is 7.68. The summed E-state index contributed by atoms with van der Waals surface area (Å²) in [4.78, 5) is 17.4. The molecule has 4 aromatic rings. The first-order valence-electron chi connectivity index (χ1n) is 10.5. The fourth-order valence-electron chi connectivity index (χ4n) is 3.14. The van der Waals surface area contributed by atoms with Crippen molar-refractivity contribution in [3.8, 4) is 16.3 Å². The number of para-hydroxylation sites is 1. The highest BCUT2D eigenvalue weighted by molar-refractivity contribution is 7.80. The first kappa shape index (κ1) is 24.4. The summed E-state index contributed by atoms with van der Waals surface area (Å²) in [5.74, 6) is 0.776. The summed E-state index contributed by atoms with van der Waals surface area (Å²) in [6, 6.07) is 18.1. The lowest BCUT2D eigenvalue weighted by atomic mass is 10.2. The zero-order chi connectivity index (χ0) is 24.2. The van der Waals surface area contributed by atoms with Gasteiger partial charge in [-0.05, 0) is 66.7 Å². The third-order valence-electron chi connectivity index (χ3n) is 4.74. The van der Waals surface area contributed by atoms with Crippen LogP contribution in [0.15, 0.2) is 60.7 Å². The minimum absolute atomic E-state index is 0.108. The number of fused-ring (bicyclic) bond motifs is 1. The lowest BCUT2D eigenvalue weighted by Gasteiger charge is -2.15. The Balaban J connectivity index is 1.51. The molecule has 1 heterocycles. The van der Waals surface area contributed by atoms with E-state index in [1.165, 1.54) is 11.3 Å². The molecule has 174 valence electrons. The van der Waals surface area contributed by atoms with Crippen LogP contribution in [0.3, 0.4) is 0 Å². The molecule has 9 heteroatoms. The van der Waals surface area contributed by atoms with Crippen molar-refractivity contribution in [2.75, 3.05) is 11.9 Å². The van der Waals surface area contributed by atoms with Crippen LogP contribution in [0.2, 0.25) is 10.0 Å². The first-order valence-corrected chi connectivity index (χ1v) is 12.5. The van der Waals surface area contributed by atoms with E-state index in [2.05, 4.69) is 24.5 Å². The van der Waals surface area contributed by atoms with Gasteiger partial charge in [0.25, 0.3) is 5.91 Å². The summed E-state index contributed by atoms with van der Waals surface area (Å²) in [5.41, 5.74) is 2.55. The largest absolute Gasteiger partial charge is 0.493 e. The predicted molar refractivity (Wildman–Crippen MR) is 146 cm³/mol. The van der Waals surface area contributed by atoms with Crippen LogP contribution in [0.1, 0.15) is 24.2 Å². The van der Waals surface area contributed by atoms with Gasteiger partial charge in [0.2, 0.25) is 0 Å². The molecule has 0 saturated heterocycles. The van der Waals surface area contributed by atoms with Crippen LogP contribution in [-0.2, 0) is 0 Å². The van der Waals surface area contributed by atoms with Crippen LogP contribution in [0.5, 0.6) is 5.75 Å². The van der Waals surface area contributed by atoms with E-state index in [0.717, 1.165) is 15.2 Å². The topological polar surface area (TPSA) is 63.2 Å². The number of aromatic nitrogens is 1. The lowest BCUT2D eigenvalue weighted by molar-refractivity contribution is 0.0977. The predicted octanol–water partition coefficient (Wildman–Crippen LogP) is 7.43. The highest BCUT2D eigenvalue weighted by atomic mass is 35.5. The Morgan fingerprint density at radius 1 is 1.12 bits per heavy atom. The second-order valence-electron chi connectivity index (χ2n) is 7.93. The van der Waals surface area contributed by atoms with Gasteiger partial charge in [-0.25, -0.2) is 4.98 Å². The minimum atomic E-state index is -0.348. The molecule has 1 amide bonds. The number of thiocarbonyl (C=S) groups is 1. The molecule has 0 atom stereocenters. The number of ether oxygens (including phenoxy) is 1. The Labute approximate surface area is 217 Å². The fourth-order valence-corrected chi connectivity index (χ4v) is 4.87. The van der Waals surface area contributed by atoms with Crippen molar-refractivity contribution in [2.24, 2.45) is 5.92 Å². The Bertz CT molecular complexity index is 1320. The molecule has 0 fully saturated rings. The molecule has 0 spiro atoms. The second-order valence-corrected chi connectivity index (χ2v) is 10.2. The lowest BCUT2D eigenvalue weighted by Crippen LogP contribution is -2.34. The average molecular weight is 531 g/mol. The molecule has 5 nitrogen and oxygen atoms in total. The normalized spacial score (nSPS) is 11.0. The standard InChI is InChI=1S/C25H21Cl2N3O2S2/c1-14(2)13-32-17-9-7-15(8-10-17)23(31)30-25(33)29-22-18(11-16(26)12-19(22)27)24-28-20-5-3-4-6-21(20)34-24/h3-12,14H,13H2,1-2H3,(H2,29,30,31,33). The first-order chi connectivity index (χ1) is 16.3. The molecule has 2 N–H and O–H groups in total. The number of carbonyl (C=O) groups is 1.